The number of halogens is 1. The number of methoxy groups -OCH3 is 2. The zero-order valence-corrected chi connectivity index (χ0v) is 16.1. The molecule has 0 spiro atoms. The molecule has 140 valence electrons. The highest BCUT2D eigenvalue weighted by Gasteiger charge is 2.38. The third-order valence-electron chi connectivity index (χ3n) is 4.33. The smallest absolute Gasteiger partial charge is 0.155 e. The topological polar surface area (TPSA) is 56.6 Å². The largest absolute Gasteiger partial charge is 0.504 e. The molecular formula is C21H22ClN3O2. The Morgan fingerprint density at radius 2 is 2.07 bits per heavy atom. The summed E-state index contributed by atoms with van der Waals surface area (Å²) >= 11 is 6.32. The SMILES string of the molecule is CO/C=C(/C=N\COC)c1cc(C2C[C@@H]2/C=C/c2ccccc2)c(Cl)nn1. The molecule has 0 bridgehead atoms. The van der Waals surface area contributed by atoms with Crippen LogP contribution < -0.4 is 0 Å². The lowest BCUT2D eigenvalue weighted by molar-refractivity contribution is 0.209. The number of aromatic nitrogens is 2. The maximum absolute atomic E-state index is 6.32. The van der Waals surface area contributed by atoms with E-state index in [-0.39, 0.29) is 6.73 Å². The van der Waals surface area contributed by atoms with E-state index in [0.29, 0.717) is 22.7 Å². The van der Waals surface area contributed by atoms with Crippen LogP contribution in [0, 0.1) is 5.92 Å². The Kier molecular flexibility index (Phi) is 6.74. The zero-order valence-electron chi connectivity index (χ0n) is 15.4. The number of ether oxygens (including phenoxy) is 2. The number of rotatable bonds is 8. The van der Waals surface area contributed by atoms with Gasteiger partial charge in [-0.3, -0.25) is 4.99 Å². The molecule has 0 amide bonds. The monoisotopic (exact) mass is 383 g/mol. The van der Waals surface area contributed by atoms with Crippen molar-refractivity contribution in [2.24, 2.45) is 10.9 Å². The van der Waals surface area contributed by atoms with Crippen LogP contribution in [-0.4, -0.2) is 37.4 Å². The first kappa shape index (κ1) is 19.3. The predicted octanol–water partition coefficient (Wildman–Crippen LogP) is 4.61. The lowest BCUT2D eigenvalue weighted by Crippen LogP contribution is -1.99. The van der Waals surface area contributed by atoms with Crippen LogP contribution in [-0.2, 0) is 9.47 Å². The maximum atomic E-state index is 6.32. The van der Waals surface area contributed by atoms with E-state index in [2.05, 4.69) is 39.5 Å². The Morgan fingerprint density at radius 3 is 2.81 bits per heavy atom. The van der Waals surface area contributed by atoms with Gasteiger partial charge in [0.2, 0.25) is 0 Å². The van der Waals surface area contributed by atoms with E-state index in [1.54, 1.807) is 26.7 Å². The molecule has 1 aliphatic carbocycles. The fourth-order valence-electron chi connectivity index (χ4n) is 2.87. The molecule has 1 fully saturated rings. The number of hydrogen-bond donors (Lipinski definition) is 0. The van der Waals surface area contributed by atoms with Crippen LogP contribution in [0.1, 0.15) is 29.2 Å². The van der Waals surface area contributed by atoms with Crippen molar-refractivity contribution in [3.63, 3.8) is 0 Å². The number of nitrogens with zero attached hydrogens (tertiary/aromatic N) is 3. The minimum atomic E-state index is 0.268. The van der Waals surface area contributed by atoms with Gasteiger partial charge in [0, 0.05) is 13.3 Å². The van der Waals surface area contributed by atoms with Crippen LogP contribution in [0.15, 0.2) is 53.7 Å². The van der Waals surface area contributed by atoms with Gasteiger partial charge in [-0.25, -0.2) is 0 Å². The lowest BCUT2D eigenvalue weighted by atomic mass is 10.1. The molecule has 0 saturated heterocycles. The molecule has 1 aromatic heterocycles. The molecule has 2 aromatic rings. The van der Waals surface area contributed by atoms with E-state index < -0.39 is 0 Å². The average Bonchev–Trinajstić information content (AvgIpc) is 3.47. The van der Waals surface area contributed by atoms with E-state index in [0.717, 1.165) is 17.6 Å². The highest BCUT2D eigenvalue weighted by molar-refractivity contribution is 6.30. The van der Waals surface area contributed by atoms with Crippen LogP contribution in [0.5, 0.6) is 0 Å². The number of hydrogen-bond acceptors (Lipinski definition) is 5. The Morgan fingerprint density at radius 1 is 1.26 bits per heavy atom. The summed E-state index contributed by atoms with van der Waals surface area (Å²) in [6.45, 7) is 0.268. The van der Waals surface area contributed by atoms with Crippen molar-refractivity contribution < 1.29 is 9.47 Å². The van der Waals surface area contributed by atoms with Crippen LogP contribution in [0.2, 0.25) is 5.15 Å². The fraction of sp³-hybridized carbons (Fsp3) is 0.286. The first-order valence-corrected chi connectivity index (χ1v) is 9.09. The van der Waals surface area contributed by atoms with Gasteiger partial charge in [-0.2, -0.15) is 0 Å². The molecule has 5 nitrogen and oxygen atoms in total. The summed E-state index contributed by atoms with van der Waals surface area (Å²) in [5.41, 5.74) is 3.60. The third kappa shape index (κ3) is 5.25. The molecule has 1 heterocycles. The van der Waals surface area contributed by atoms with Gasteiger partial charge in [-0.05, 0) is 35.4 Å². The second-order valence-corrected chi connectivity index (χ2v) is 6.65. The summed E-state index contributed by atoms with van der Waals surface area (Å²) in [5, 5.41) is 8.76. The molecule has 0 aliphatic heterocycles. The minimum Gasteiger partial charge on any atom is -0.504 e. The van der Waals surface area contributed by atoms with Gasteiger partial charge in [-0.15, -0.1) is 10.2 Å². The quantitative estimate of drug-likeness (QED) is 0.493. The highest BCUT2D eigenvalue weighted by Crippen LogP contribution is 2.50. The number of aliphatic imine (C=N–C) groups is 1. The zero-order chi connectivity index (χ0) is 19.1. The van der Waals surface area contributed by atoms with Crippen molar-refractivity contribution in [1.29, 1.82) is 0 Å². The van der Waals surface area contributed by atoms with Crippen LogP contribution >= 0.6 is 11.6 Å². The molecule has 0 radical (unpaired) electrons. The second-order valence-electron chi connectivity index (χ2n) is 6.29. The molecule has 2 atom stereocenters. The first-order chi connectivity index (χ1) is 13.2. The van der Waals surface area contributed by atoms with Crippen molar-refractivity contribution in [2.75, 3.05) is 21.0 Å². The summed E-state index contributed by atoms with van der Waals surface area (Å²) in [6.07, 6.45) is 8.69. The van der Waals surface area contributed by atoms with Crippen LogP contribution in [0.3, 0.4) is 0 Å². The summed E-state index contributed by atoms with van der Waals surface area (Å²) in [5.74, 6) is 0.809. The molecule has 3 rings (SSSR count). The molecule has 6 heteroatoms. The van der Waals surface area contributed by atoms with Crippen LogP contribution in [0.4, 0.5) is 0 Å². The summed E-state index contributed by atoms with van der Waals surface area (Å²) < 4.78 is 10.1. The molecular weight excluding hydrogens is 362 g/mol. The summed E-state index contributed by atoms with van der Waals surface area (Å²) in [6, 6.07) is 12.2. The first-order valence-electron chi connectivity index (χ1n) is 8.71. The lowest BCUT2D eigenvalue weighted by Gasteiger charge is -2.06. The molecule has 0 N–H and O–H groups in total. The minimum absolute atomic E-state index is 0.268. The van der Waals surface area contributed by atoms with Gasteiger partial charge in [-0.1, -0.05) is 54.1 Å². The van der Waals surface area contributed by atoms with Gasteiger partial charge >= 0.3 is 0 Å². The summed E-state index contributed by atoms with van der Waals surface area (Å²) in [4.78, 5) is 4.17. The number of allylic oxidation sites excluding steroid dienone is 2. The predicted molar refractivity (Wildman–Crippen MR) is 109 cm³/mol. The molecule has 1 saturated carbocycles. The average molecular weight is 384 g/mol. The summed E-state index contributed by atoms with van der Waals surface area (Å²) in [7, 11) is 3.17. The van der Waals surface area contributed by atoms with E-state index in [9.17, 15) is 0 Å². The third-order valence-corrected chi connectivity index (χ3v) is 4.62. The molecule has 1 aliphatic rings. The Balaban J connectivity index is 1.76. The van der Waals surface area contributed by atoms with Gasteiger partial charge < -0.3 is 9.47 Å². The highest BCUT2D eigenvalue weighted by atomic mass is 35.5. The van der Waals surface area contributed by atoms with Gasteiger partial charge in [0.15, 0.2) is 5.15 Å². The molecule has 1 unspecified atom stereocenters. The van der Waals surface area contributed by atoms with Crippen molar-refractivity contribution in [3.8, 4) is 0 Å². The fourth-order valence-corrected chi connectivity index (χ4v) is 3.10. The van der Waals surface area contributed by atoms with E-state index in [1.807, 2.05) is 24.3 Å². The standard InChI is InChI=1S/C21H22ClN3O2/c1-26-13-17(12-23-14-27-2)20-11-19(21(22)25-24-20)18-10-16(18)9-8-15-6-4-3-5-7-15/h3-9,11-13,16,18H,10,14H2,1-2H3/b9-8+,17-13-,23-12-/t16-,18?/m0/s1. The van der Waals surface area contributed by atoms with Crippen molar-refractivity contribution in [3.05, 3.63) is 70.7 Å². The Bertz CT molecular complexity index is 850. The normalized spacial score (nSPS) is 19.7. The van der Waals surface area contributed by atoms with E-state index >= 15 is 0 Å². The van der Waals surface area contributed by atoms with Crippen LogP contribution in [0.25, 0.3) is 11.6 Å². The van der Waals surface area contributed by atoms with Crippen molar-refractivity contribution in [2.45, 2.75) is 12.3 Å². The maximum Gasteiger partial charge on any atom is 0.155 e. The van der Waals surface area contributed by atoms with E-state index in [4.69, 9.17) is 21.1 Å². The van der Waals surface area contributed by atoms with E-state index in [1.165, 1.54) is 5.56 Å². The molecule has 1 aromatic carbocycles. The van der Waals surface area contributed by atoms with Gasteiger partial charge in [0.25, 0.3) is 0 Å². The molecule has 27 heavy (non-hydrogen) atoms. The van der Waals surface area contributed by atoms with Crippen molar-refractivity contribution in [1.82, 2.24) is 10.2 Å². The van der Waals surface area contributed by atoms with Crippen molar-refractivity contribution >= 4 is 29.5 Å². The number of benzene rings is 1. The van der Waals surface area contributed by atoms with Gasteiger partial charge in [0.1, 0.15) is 6.73 Å². The Hall–Kier alpha value is -2.50. The Labute approximate surface area is 164 Å². The van der Waals surface area contributed by atoms with Gasteiger partial charge in [0.05, 0.1) is 24.6 Å². The second kappa shape index (κ2) is 9.44.